The van der Waals surface area contributed by atoms with Crippen LogP contribution in [0.25, 0.3) is 10.9 Å². The summed E-state index contributed by atoms with van der Waals surface area (Å²) in [5.41, 5.74) is 13.3. The van der Waals surface area contributed by atoms with Crippen LogP contribution in [0.4, 0.5) is 0 Å². The van der Waals surface area contributed by atoms with Gasteiger partial charge in [-0.15, -0.1) is 12.4 Å². The monoisotopic (exact) mass is 352 g/mol. The van der Waals surface area contributed by atoms with Crippen molar-refractivity contribution in [3.05, 3.63) is 36.0 Å². The van der Waals surface area contributed by atoms with Crippen molar-refractivity contribution < 1.29 is 9.59 Å². The summed E-state index contributed by atoms with van der Waals surface area (Å²) in [5, 5.41) is 3.70. The van der Waals surface area contributed by atoms with E-state index in [4.69, 9.17) is 11.5 Å². The van der Waals surface area contributed by atoms with Crippen LogP contribution in [0.3, 0.4) is 0 Å². The fraction of sp³-hybridized carbons (Fsp3) is 0.412. The van der Waals surface area contributed by atoms with Crippen molar-refractivity contribution in [2.45, 2.75) is 38.8 Å². The van der Waals surface area contributed by atoms with Gasteiger partial charge in [-0.1, -0.05) is 38.5 Å². The van der Waals surface area contributed by atoms with E-state index in [-0.39, 0.29) is 24.2 Å². The number of rotatable bonds is 7. The van der Waals surface area contributed by atoms with Crippen molar-refractivity contribution in [2.75, 3.05) is 0 Å². The Kier molecular flexibility index (Phi) is 7.25. The van der Waals surface area contributed by atoms with Gasteiger partial charge >= 0.3 is 0 Å². The topological polar surface area (TPSA) is 114 Å². The van der Waals surface area contributed by atoms with Gasteiger partial charge < -0.3 is 21.8 Å². The lowest BCUT2D eigenvalue weighted by molar-refractivity contribution is -0.128. The van der Waals surface area contributed by atoms with Gasteiger partial charge in [0.2, 0.25) is 11.8 Å². The van der Waals surface area contributed by atoms with Crippen LogP contribution in [-0.2, 0) is 16.0 Å². The molecule has 1 aromatic heterocycles. The summed E-state index contributed by atoms with van der Waals surface area (Å²) in [4.78, 5) is 27.1. The van der Waals surface area contributed by atoms with Gasteiger partial charge in [0.05, 0.1) is 6.04 Å². The number of primary amides is 1. The van der Waals surface area contributed by atoms with Crippen LogP contribution in [0.2, 0.25) is 0 Å². The zero-order valence-corrected chi connectivity index (χ0v) is 14.7. The molecule has 2 amide bonds. The largest absolute Gasteiger partial charge is 0.368 e. The van der Waals surface area contributed by atoms with E-state index in [0.29, 0.717) is 6.42 Å². The number of carbonyl (C=O) groups is 2. The first kappa shape index (κ1) is 20.0. The van der Waals surface area contributed by atoms with Gasteiger partial charge in [-0.3, -0.25) is 9.59 Å². The molecule has 0 bridgehead atoms. The number of aromatic amines is 1. The molecule has 24 heavy (non-hydrogen) atoms. The van der Waals surface area contributed by atoms with Crippen LogP contribution in [0.15, 0.2) is 30.5 Å². The molecule has 0 aliphatic carbocycles. The molecule has 0 spiro atoms. The first-order valence-electron chi connectivity index (χ1n) is 7.84. The molecule has 7 heteroatoms. The number of carbonyl (C=O) groups excluding carboxylic acids is 2. The Labute approximate surface area is 147 Å². The van der Waals surface area contributed by atoms with E-state index in [1.807, 2.05) is 44.3 Å². The minimum absolute atomic E-state index is 0. The summed E-state index contributed by atoms with van der Waals surface area (Å²) in [6, 6.07) is 6.35. The number of benzene rings is 1. The van der Waals surface area contributed by atoms with Crippen molar-refractivity contribution >= 4 is 35.1 Å². The van der Waals surface area contributed by atoms with Crippen molar-refractivity contribution in [3.8, 4) is 0 Å². The average molecular weight is 353 g/mol. The summed E-state index contributed by atoms with van der Waals surface area (Å²) >= 11 is 0. The number of fused-ring (bicyclic) bond motifs is 1. The van der Waals surface area contributed by atoms with Crippen LogP contribution in [0, 0.1) is 5.92 Å². The normalized spacial score (nSPS) is 14.5. The van der Waals surface area contributed by atoms with E-state index in [1.54, 1.807) is 0 Å². The fourth-order valence-corrected chi connectivity index (χ4v) is 2.52. The van der Waals surface area contributed by atoms with E-state index in [9.17, 15) is 9.59 Å². The second-order valence-electron chi connectivity index (χ2n) is 5.94. The van der Waals surface area contributed by atoms with Gasteiger partial charge in [0, 0.05) is 23.5 Å². The summed E-state index contributed by atoms with van der Waals surface area (Å²) in [6.07, 6.45) is 2.96. The van der Waals surface area contributed by atoms with Gasteiger partial charge in [0.25, 0.3) is 0 Å². The van der Waals surface area contributed by atoms with Gasteiger partial charge in [-0.2, -0.15) is 0 Å². The third-order valence-corrected chi connectivity index (χ3v) is 4.32. The van der Waals surface area contributed by atoms with Crippen molar-refractivity contribution in [1.82, 2.24) is 10.3 Å². The highest BCUT2D eigenvalue weighted by Crippen LogP contribution is 2.19. The maximum Gasteiger partial charge on any atom is 0.240 e. The summed E-state index contributed by atoms with van der Waals surface area (Å²) in [7, 11) is 0. The summed E-state index contributed by atoms with van der Waals surface area (Å²) in [5.74, 6) is -0.875. The molecule has 0 aliphatic rings. The number of nitrogens with two attached hydrogens (primary N) is 2. The van der Waals surface area contributed by atoms with E-state index in [1.165, 1.54) is 0 Å². The molecule has 0 saturated heterocycles. The molecule has 6 N–H and O–H groups in total. The standard InChI is InChI=1S/C17H24N4O2.ClH/c1-3-10(2)15(18)17(23)21-14(16(19)22)8-11-9-20-13-7-5-4-6-12(11)13;/h4-7,9-10,14-15,20H,3,8,18H2,1-2H3,(H2,19,22)(H,21,23);1H. The Morgan fingerprint density at radius 2 is 1.96 bits per heavy atom. The second-order valence-corrected chi connectivity index (χ2v) is 5.94. The molecule has 1 aromatic carbocycles. The SMILES string of the molecule is CCC(C)C(N)C(=O)NC(Cc1c[nH]c2ccccc12)C(N)=O.Cl. The highest BCUT2D eigenvalue weighted by Gasteiger charge is 2.25. The lowest BCUT2D eigenvalue weighted by Crippen LogP contribution is -2.53. The molecule has 0 aliphatic heterocycles. The number of hydrogen-bond donors (Lipinski definition) is 4. The molecule has 3 unspecified atom stereocenters. The van der Waals surface area contributed by atoms with Crippen LogP contribution in [0.5, 0.6) is 0 Å². The number of nitrogens with one attached hydrogen (secondary N) is 2. The van der Waals surface area contributed by atoms with Crippen LogP contribution in [-0.4, -0.2) is 28.9 Å². The Hall–Kier alpha value is -2.05. The minimum Gasteiger partial charge on any atom is -0.368 e. The van der Waals surface area contributed by atoms with Crippen LogP contribution >= 0.6 is 12.4 Å². The van der Waals surface area contributed by atoms with Crippen molar-refractivity contribution in [1.29, 1.82) is 0 Å². The zero-order valence-electron chi connectivity index (χ0n) is 13.9. The molecule has 0 fully saturated rings. The molecule has 2 rings (SSSR count). The molecule has 2 aromatic rings. The quantitative estimate of drug-likeness (QED) is 0.605. The molecule has 132 valence electrons. The number of aromatic nitrogens is 1. The van der Waals surface area contributed by atoms with Gasteiger partial charge in [0.15, 0.2) is 0 Å². The minimum atomic E-state index is -0.781. The molecular formula is C17H25ClN4O2. The molecule has 3 atom stereocenters. The first-order chi connectivity index (χ1) is 10.9. The van der Waals surface area contributed by atoms with Gasteiger partial charge in [-0.05, 0) is 17.5 Å². The molecule has 0 radical (unpaired) electrons. The Morgan fingerprint density at radius 3 is 2.58 bits per heavy atom. The zero-order chi connectivity index (χ0) is 17.0. The second kappa shape index (κ2) is 8.70. The van der Waals surface area contributed by atoms with E-state index in [0.717, 1.165) is 22.9 Å². The maximum atomic E-state index is 12.2. The lowest BCUT2D eigenvalue weighted by Gasteiger charge is -2.21. The maximum absolute atomic E-state index is 12.2. The highest BCUT2D eigenvalue weighted by molar-refractivity contribution is 5.90. The average Bonchev–Trinajstić information content (AvgIpc) is 2.95. The van der Waals surface area contributed by atoms with Crippen LogP contribution < -0.4 is 16.8 Å². The predicted octanol–water partition coefficient (Wildman–Crippen LogP) is 1.48. The van der Waals surface area contributed by atoms with Crippen molar-refractivity contribution in [2.24, 2.45) is 17.4 Å². The number of hydrogen-bond acceptors (Lipinski definition) is 3. The number of para-hydroxylation sites is 1. The van der Waals surface area contributed by atoms with Gasteiger partial charge in [0.1, 0.15) is 6.04 Å². The lowest BCUT2D eigenvalue weighted by atomic mass is 9.98. The predicted molar refractivity (Wildman–Crippen MR) is 97.8 cm³/mol. The highest BCUT2D eigenvalue weighted by atomic mass is 35.5. The van der Waals surface area contributed by atoms with Crippen LogP contribution in [0.1, 0.15) is 25.8 Å². The third kappa shape index (κ3) is 4.49. The van der Waals surface area contributed by atoms with E-state index >= 15 is 0 Å². The number of H-pyrrole nitrogens is 1. The van der Waals surface area contributed by atoms with Gasteiger partial charge in [-0.25, -0.2) is 0 Å². The number of halogens is 1. The molecule has 0 saturated carbocycles. The van der Waals surface area contributed by atoms with E-state index in [2.05, 4.69) is 10.3 Å². The number of amides is 2. The Balaban J connectivity index is 0.00000288. The third-order valence-electron chi connectivity index (χ3n) is 4.32. The fourth-order valence-electron chi connectivity index (χ4n) is 2.52. The Morgan fingerprint density at radius 1 is 1.29 bits per heavy atom. The Bertz CT molecular complexity index is 701. The molecular weight excluding hydrogens is 328 g/mol. The molecule has 6 nitrogen and oxygen atoms in total. The van der Waals surface area contributed by atoms with Crippen molar-refractivity contribution in [3.63, 3.8) is 0 Å². The van der Waals surface area contributed by atoms with E-state index < -0.39 is 18.0 Å². The summed E-state index contributed by atoms with van der Waals surface area (Å²) in [6.45, 7) is 3.87. The molecule has 1 heterocycles. The summed E-state index contributed by atoms with van der Waals surface area (Å²) < 4.78 is 0. The smallest absolute Gasteiger partial charge is 0.240 e. The first-order valence-corrected chi connectivity index (χ1v) is 7.84.